The predicted octanol–water partition coefficient (Wildman–Crippen LogP) is 2.67. The van der Waals surface area contributed by atoms with Gasteiger partial charge >= 0.3 is 0 Å². The van der Waals surface area contributed by atoms with Crippen LogP contribution >= 0.6 is 0 Å². The summed E-state index contributed by atoms with van der Waals surface area (Å²) in [6.07, 6.45) is 1.92. The molecule has 1 aliphatic rings. The average molecular weight is 386 g/mol. The monoisotopic (exact) mass is 386 g/mol. The normalized spacial score (nSPS) is 15.2. The molecule has 28 heavy (non-hydrogen) atoms. The molecule has 1 aromatic carbocycles. The number of carbonyl (C=O) groups is 2. The number of para-hydroxylation sites is 2. The summed E-state index contributed by atoms with van der Waals surface area (Å²) in [4.78, 5) is 26.8. The molecule has 1 fully saturated rings. The highest BCUT2D eigenvalue weighted by atomic mass is 16.5. The Morgan fingerprint density at radius 2 is 2.00 bits per heavy atom. The third kappa shape index (κ3) is 5.32. The van der Waals surface area contributed by atoms with Crippen molar-refractivity contribution >= 4 is 23.3 Å². The molecule has 1 aliphatic heterocycles. The second kappa shape index (κ2) is 9.36. The number of likely N-dealkylation sites (tertiary alicyclic amines) is 1. The van der Waals surface area contributed by atoms with Crippen LogP contribution < -0.4 is 15.4 Å². The zero-order valence-corrected chi connectivity index (χ0v) is 16.2. The highest BCUT2D eigenvalue weighted by molar-refractivity contribution is 5.94. The van der Waals surface area contributed by atoms with Crippen LogP contribution in [0, 0.1) is 12.8 Å². The summed E-state index contributed by atoms with van der Waals surface area (Å²) in [5.41, 5.74) is 0.692. The van der Waals surface area contributed by atoms with E-state index in [0.29, 0.717) is 36.0 Å². The van der Waals surface area contributed by atoms with E-state index < -0.39 is 0 Å². The maximum atomic E-state index is 12.5. The van der Waals surface area contributed by atoms with Crippen molar-refractivity contribution in [1.29, 1.82) is 0 Å². The van der Waals surface area contributed by atoms with E-state index in [1.54, 1.807) is 20.1 Å². The van der Waals surface area contributed by atoms with Gasteiger partial charge in [-0.1, -0.05) is 17.3 Å². The Bertz CT molecular complexity index is 812. The molecular weight excluding hydrogens is 360 g/mol. The topological polar surface area (TPSA) is 96.7 Å². The zero-order chi connectivity index (χ0) is 19.9. The summed E-state index contributed by atoms with van der Waals surface area (Å²) < 4.78 is 10.2. The maximum absolute atomic E-state index is 12.5. The number of anilines is 2. The predicted molar refractivity (Wildman–Crippen MR) is 105 cm³/mol. The SMILES string of the molecule is COc1ccccc1NC(=O)C1CCN(CCC(=O)Nc2cc(C)on2)CC1. The quantitative estimate of drug-likeness (QED) is 0.759. The van der Waals surface area contributed by atoms with E-state index in [4.69, 9.17) is 9.26 Å². The third-order valence-corrected chi connectivity index (χ3v) is 4.87. The Balaban J connectivity index is 1.40. The second-order valence-corrected chi connectivity index (χ2v) is 6.93. The maximum Gasteiger partial charge on any atom is 0.227 e. The Hall–Kier alpha value is -2.87. The summed E-state index contributed by atoms with van der Waals surface area (Å²) in [5.74, 6) is 1.64. The Morgan fingerprint density at radius 1 is 1.25 bits per heavy atom. The van der Waals surface area contributed by atoms with E-state index in [2.05, 4.69) is 20.7 Å². The minimum Gasteiger partial charge on any atom is -0.495 e. The summed E-state index contributed by atoms with van der Waals surface area (Å²) in [6.45, 7) is 4.01. The first-order chi connectivity index (χ1) is 13.5. The molecule has 2 aromatic rings. The van der Waals surface area contributed by atoms with Gasteiger partial charge in [-0.3, -0.25) is 9.59 Å². The number of amides is 2. The molecule has 0 radical (unpaired) electrons. The first-order valence-corrected chi connectivity index (χ1v) is 9.44. The van der Waals surface area contributed by atoms with Crippen molar-refractivity contribution in [3.8, 4) is 5.75 Å². The molecule has 0 aliphatic carbocycles. The summed E-state index contributed by atoms with van der Waals surface area (Å²) in [6, 6.07) is 9.08. The van der Waals surface area contributed by atoms with E-state index in [-0.39, 0.29) is 17.7 Å². The molecule has 150 valence electrons. The van der Waals surface area contributed by atoms with Gasteiger partial charge < -0.3 is 24.8 Å². The molecule has 0 spiro atoms. The van der Waals surface area contributed by atoms with Crippen LogP contribution in [0.4, 0.5) is 11.5 Å². The lowest BCUT2D eigenvalue weighted by molar-refractivity contribution is -0.121. The lowest BCUT2D eigenvalue weighted by Gasteiger charge is -2.31. The molecule has 2 amide bonds. The lowest BCUT2D eigenvalue weighted by atomic mass is 9.95. The minimum absolute atomic E-state index is 0.0169. The van der Waals surface area contributed by atoms with E-state index in [9.17, 15) is 9.59 Å². The van der Waals surface area contributed by atoms with Crippen molar-refractivity contribution in [3.63, 3.8) is 0 Å². The van der Waals surface area contributed by atoms with E-state index >= 15 is 0 Å². The van der Waals surface area contributed by atoms with Crippen LogP contribution in [0.3, 0.4) is 0 Å². The molecule has 1 saturated heterocycles. The third-order valence-electron chi connectivity index (χ3n) is 4.87. The number of aryl methyl sites for hydroxylation is 1. The number of nitrogens with one attached hydrogen (secondary N) is 2. The lowest BCUT2D eigenvalue weighted by Crippen LogP contribution is -2.39. The fraction of sp³-hybridized carbons (Fsp3) is 0.450. The van der Waals surface area contributed by atoms with Crippen molar-refractivity contribution in [3.05, 3.63) is 36.1 Å². The van der Waals surface area contributed by atoms with Gasteiger partial charge in [-0.2, -0.15) is 0 Å². The first-order valence-electron chi connectivity index (χ1n) is 9.44. The van der Waals surface area contributed by atoms with Crippen molar-refractivity contribution in [1.82, 2.24) is 10.1 Å². The molecule has 1 aromatic heterocycles. The van der Waals surface area contributed by atoms with Crippen LogP contribution in [0.25, 0.3) is 0 Å². The molecular formula is C20H26N4O4. The zero-order valence-electron chi connectivity index (χ0n) is 16.2. The number of ether oxygens (including phenoxy) is 1. The number of methoxy groups -OCH3 is 1. The molecule has 0 unspecified atom stereocenters. The number of rotatable bonds is 7. The van der Waals surface area contributed by atoms with Crippen LogP contribution in [0.1, 0.15) is 25.0 Å². The van der Waals surface area contributed by atoms with Gasteiger partial charge in [0, 0.05) is 24.9 Å². The number of nitrogens with zero attached hydrogens (tertiary/aromatic N) is 2. The molecule has 0 atom stereocenters. The highest BCUT2D eigenvalue weighted by Gasteiger charge is 2.25. The number of carbonyl (C=O) groups excluding carboxylic acids is 2. The van der Waals surface area contributed by atoms with Crippen molar-refractivity contribution < 1.29 is 18.8 Å². The Kier molecular flexibility index (Phi) is 6.65. The van der Waals surface area contributed by atoms with Crippen LogP contribution in [0.2, 0.25) is 0 Å². The van der Waals surface area contributed by atoms with E-state index in [1.165, 1.54) is 0 Å². The fourth-order valence-electron chi connectivity index (χ4n) is 3.29. The minimum atomic E-state index is -0.0932. The molecule has 0 bridgehead atoms. The molecule has 3 rings (SSSR count). The van der Waals surface area contributed by atoms with E-state index in [1.807, 2.05) is 24.3 Å². The van der Waals surface area contributed by atoms with Gasteiger partial charge in [-0.05, 0) is 45.0 Å². The Morgan fingerprint density at radius 3 is 2.68 bits per heavy atom. The van der Waals surface area contributed by atoms with Gasteiger partial charge in [0.25, 0.3) is 0 Å². The summed E-state index contributed by atoms with van der Waals surface area (Å²) in [7, 11) is 1.59. The number of hydrogen-bond donors (Lipinski definition) is 2. The molecule has 8 nitrogen and oxygen atoms in total. The number of benzene rings is 1. The highest BCUT2D eigenvalue weighted by Crippen LogP contribution is 2.25. The van der Waals surface area contributed by atoms with Gasteiger partial charge in [0.1, 0.15) is 11.5 Å². The molecule has 8 heteroatoms. The molecule has 2 N–H and O–H groups in total. The number of piperidine rings is 1. The standard InChI is InChI=1S/C20H26N4O4/c1-14-13-18(23-28-14)22-19(25)9-12-24-10-7-15(8-11-24)20(26)21-16-5-3-4-6-17(16)27-2/h3-6,13,15H,7-12H2,1-2H3,(H,21,26)(H,22,23,25). The first kappa shape index (κ1) is 19.9. The van der Waals surface area contributed by atoms with Gasteiger partial charge in [0.15, 0.2) is 5.82 Å². The summed E-state index contributed by atoms with van der Waals surface area (Å²) >= 11 is 0. The second-order valence-electron chi connectivity index (χ2n) is 6.93. The van der Waals surface area contributed by atoms with Crippen LogP contribution in [-0.2, 0) is 9.59 Å². The van der Waals surface area contributed by atoms with Crippen LogP contribution in [0.15, 0.2) is 34.9 Å². The van der Waals surface area contributed by atoms with Gasteiger partial charge in [0.05, 0.1) is 12.8 Å². The Labute approximate surface area is 164 Å². The van der Waals surface area contributed by atoms with E-state index in [0.717, 1.165) is 25.9 Å². The van der Waals surface area contributed by atoms with Gasteiger partial charge in [0.2, 0.25) is 11.8 Å². The average Bonchev–Trinajstić information content (AvgIpc) is 3.11. The molecule has 2 heterocycles. The van der Waals surface area contributed by atoms with Crippen molar-refractivity contribution in [2.75, 3.05) is 37.4 Å². The number of aromatic nitrogens is 1. The van der Waals surface area contributed by atoms with Gasteiger partial charge in [-0.25, -0.2) is 0 Å². The van der Waals surface area contributed by atoms with Crippen molar-refractivity contribution in [2.45, 2.75) is 26.2 Å². The van der Waals surface area contributed by atoms with Crippen molar-refractivity contribution in [2.24, 2.45) is 5.92 Å². The molecule has 0 saturated carbocycles. The smallest absolute Gasteiger partial charge is 0.227 e. The van der Waals surface area contributed by atoms with Crippen LogP contribution in [-0.4, -0.2) is 48.6 Å². The summed E-state index contributed by atoms with van der Waals surface area (Å²) in [5, 5.41) is 9.44. The number of hydrogen-bond acceptors (Lipinski definition) is 6. The largest absolute Gasteiger partial charge is 0.495 e. The fourth-order valence-corrected chi connectivity index (χ4v) is 3.29. The van der Waals surface area contributed by atoms with Gasteiger partial charge in [-0.15, -0.1) is 0 Å². The van der Waals surface area contributed by atoms with Crippen LogP contribution in [0.5, 0.6) is 5.75 Å².